The number of hydrogen-bond donors (Lipinski definition) is 3. The molecule has 5 N–H and O–H groups in total. The molecule has 0 amide bonds. The molecule has 0 aliphatic carbocycles. The van der Waals surface area contributed by atoms with Gasteiger partial charge in [-0.2, -0.15) is 0 Å². The fraction of sp³-hybridized carbons (Fsp3) is 0.0667. The van der Waals surface area contributed by atoms with Crippen LogP contribution in [-0.2, 0) is 0 Å². The van der Waals surface area contributed by atoms with E-state index < -0.39 is 0 Å². The summed E-state index contributed by atoms with van der Waals surface area (Å²) in [5.74, 6) is 0. The van der Waals surface area contributed by atoms with Gasteiger partial charge in [-0.3, -0.25) is 9.98 Å². The van der Waals surface area contributed by atoms with Gasteiger partial charge in [0.15, 0.2) is 0 Å². The number of rotatable bonds is 10. The molecule has 1 aromatic heterocycles. The lowest BCUT2D eigenvalue weighted by Crippen LogP contribution is -2.14. The van der Waals surface area contributed by atoms with E-state index >= 15 is 0 Å². The van der Waals surface area contributed by atoms with Crippen LogP contribution in [0.3, 0.4) is 0 Å². The second-order valence-electron chi connectivity index (χ2n) is 7.98. The maximum Gasteiger partial charge on any atom is 0.0732 e. The Hall–Kier alpha value is -4.64. The molecule has 0 bridgehead atoms. The van der Waals surface area contributed by atoms with E-state index in [1.54, 1.807) is 18.5 Å². The molecule has 5 nitrogen and oxygen atoms in total. The maximum absolute atomic E-state index is 5.86. The van der Waals surface area contributed by atoms with E-state index in [0.717, 1.165) is 50.5 Å². The molecular weight excluding hydrogens is 430 g/mol. The third-order valence-corrected chi connectivity index (χ3v) is 5.33. The van der Waals surface area contributed by atoms with Crippen molar-refractivity contribution in [3.8, 4) is 11.1 Å². The van der Waals surface area contributed by atoms with Crippen molar-refractivity contribution in [2.75, 3.05) is 6.54 Å². The average Bonchev–Trinajstić information content (AvgIpc) is 2.88. The third-order valence-electron chi connectivity index (χ3n) is 5.33. The van der Waals surface area contributed by atoms with Gasteiger partial charge in [-0.05, 0) is 48.0 Å². The van der Waals surface area contributed by atoms with Crippen molar-refractivity contribution < 1.29 is 0 Å². The van der Waals surface area contributed by atoms with Gasteiger partial charge in [0.1, 0.15) is 0 Å². The average molecular weight is 462 g/mol. The van der Waals surface area contributed by atoms with E-state index in [9.17, 15) is 0 Å². The molecule has 0 aliphatic heterocycles. The minimum absolute atomic E-state index is 0.465. The largest absolute Gasteiger partial charge is 0.405 e. The van der Waals surface area contributed by atoms with Crippen LogP contribution in [0.4, 0.5) is 5.69 Å². The number of benzene rings is 2. The number of pyridine rings is 1. The molecule has 3 aromatic rings. The number of hydrogen-bond acceptors (Lipinski definition) is 5. The number of allylic oxidation sites excluding steroid dienone is 2. The highest BCUT2D eigenvalue weighted by Gasteiger charge is 2.14. The molecule has 35 heavy (non-hydrogen) atoms. The fourth-order valence-electron chi connectivity index (χ4n) is 3.49. The second-order valence-corrected chi connectivity index (χ2v) is 7.98. The molecular formula is C30H31N5. The van der Waals surface area contributed by atoms with Gasteiger partial charge in [0.2, 0.25) is 0 Å². The number of aromatic nitrogens is 1. The minimum Gasteiger partial charge on any atom is -0.405 e. The SMILES string of the molecule is C=C(/C=C\C=C/N)CNC(=C)c1c(/N=C(\C)c2cncc(C(=C)N)c2)cccc1-c1ccccc1. The first-order chi connectivity index (χ1) is 16.9. The van der Waals surface area contributed by atoms with Crippen molar-refractivity contribution in [2.45, 2.75) is 6.92 Å². The van der Waals surface area contributed by atoms with E-state index in [1.165, 1.54) is 6.20 Å². The van der Waals surface area contributed by atoms with Crippen LogP contribution in [0.25, 0.3) is 22.5 Å². The van der Waals surface area contributed by atoms with Crippen LogP contribution in [0.1, 0.15) is 23.6 Å². The summed E-state index contributed by atoms with van der Waals surface area (Å²) < 4.78 is 0. The third kappa shape index (κ3) is 6.68. The topological polar surface area (TPSA) is 89.3 Å². The maximum atomic E-state index is 5.86. The lowest BCUT2D eigenvalue weighted by Gasteiger charge is -2.17. The zero-order valence-corrected chi connectivity index (χ0v) is 20.0. The van der Waals surface area contributed by atoms with Gasteiger partial charge < -0.3 is 16.8 Å². The molecule has 0 saturated heterocycles. The summed E-state index contributed by atoms with van der Waals surface area (Å²) in [7, 11) is 0. The van der Waals surface area contributed by atoms with Crippen LogP contribution in [0.15, 0.2) is 122 Å². The Morgan fingerprint density at radius 3 is 2.46 bits per heavy atom. The van der Waals surface area contributed by atoms with Crippen LogP contribution in [0.2, 0.25) is 0 Å². The molecule has 0 aliphatic rings. The van der Waals surface area contributed by atoms with Crippen molar-refractivity contribution in [3.05, 3.63) is 133 Å². The first-order valence-corrected chi connectivity index (χ1v) is 11.2. The predicted octanol–water partition coefficient (Wildman–Crippen LogP) is 5.96. The van der Waals surface area contributed by atoms with Crippen molar-refractivity contribution >= 4 is 22.8 Å². The van der Waals surface area contributed by atoms with Crippen molar-refractivity contribution in [2.24, 2.45) is 16.5 Å². The highest BCUT2D eigenvalue weighted by Crippen LogP contribution is 2.35. The zero-order chi connectivity index (χ0) is 25.2. The fourth-order valence-corrected chi connectivity index (χ4v) is 3.49. The van der Waals surface area contributed by atoms with Crippen LogP contribution in [-0.4, -0.2) is 17.2 Å². The van der Waals surface area contributed by atoms with Gasteiger partial charge in [0, 0.05) is 52.7 Å². The lowest BCUT2D eigenvalue weighted by atomic mass is 9.96. The highest BCUT2D eigenvalue weighted by atomic mass is 14.9. The normalized spacial score (nSPS) is 11.6. The number of nitrogens with zero attached hydrogens (tertiary/aromatic N) is 2. The Morgan fingerprint density at radius 2 is 1.74 bits per heavy atom. The van der Waals surface area contributed by atoms with Crippen LogP contribution >= 0.6 is 0 Å². The van der Waals surface area contributed by atoms with Crippen molar-refractivity contribution in [1.29, 1.82) is 0 Å². The summed E-state index contributed by atoms with van der Waals surface area (Å²) >= 11 is 0. The summed E-state index contributed by atoms with van der Waals surface area (Å²) in [6, 6.07) is 18.2. The van der Waals surface area contributed by atoms with E-state index in [4.69, 9.17) is 16.5 Å². The first-order valence-electron chi connectivity index (χ1n) is 11.2. The highest BCUT2D eigenvalue weighted by molar-refractivity contribution is 6.01. The number of nitrogens with one attached hydrogen (secondary N) is 1. The molecule has 3 rings (SSSR count). The molecule has 0 radical (unpaired) electrons. The number of nitrogens with two attached hydrogens (primary N) is 2. The van der Waals surface area contributed by atoms with Crippen molar-refractivity contribution in [3.63, 3.8) is 0 Å². The predicted molar refractivity (Wildman–Crippen MR) is 150 cm³/mol. The van der Waals surface area contributed by atoms with E-state index in [0.29, 0.717) is 12.2 Å². The van der Waals surface area contributed by atoms with E-state index in [-0.39, 0.29) is 0 Å². The van der Waals surface area contributed by atoms with Gasteiger partial charge in [-0.15, -0.1) is 0 Å². The summed E-state index contributed by atoms with van der Waals surface area (Å²) in [4.78, 5) is 9.26. The first kappa shape index (κ1) is 25.0. The van der Waals surface area contributed by atoms with Gasteiger partial charge in [-0.1, -0.05) is 74.4 Å². The van der Waals surface area contributed by atoms with Crippen LogP contribution in [0.5, 0.6) is 0 Å². The molecule has 5 heteroatoms. The van der Waals surface area contributed by atoms with Crippen LogP contribution in [0, 0.1) is 0 Å². The smallest absolute Gasteiger partial charge is 0.0732 e. The van der Waals surface area contributed by atoms with Gasteiger partial charge in [-0.25, -0.2) is 0 Å². The van der Waals surface area contributed by atoms with E-state index in [1.807, 2.05) is 55.5 Å². The van der Waals surface area contributed by atoms with Gasteiger partial charge in [0.25, 0.3) is 0 Å². The quantitative estimate of drug-likeness (QED) is 0.257. The second kappa shape index (κ2) is 12.0. The Morgan fingerprint density at radius 1 is 1.00 bits per heavy atom. The summed E-state index contributed by atoms with van der Waals surface area (Å²) in [6.45, 7) is 14.7. The molecule has 0 fully saturated rings. The molecule has 0 unspecified atom stereocenters. The van der Waals surface area contributed by atoms with Crippen LogP contribution < -0.4 is 16.8 Å². The number of aliphatic imine (C=N–C) groups is 1. The summed E-state index contributed by atoms with van der Waals surface area (Å²) in [5, 5.41) is 3.40. The monoisotopic (exact) mass is 461 g/mol. The molecule has 0 atom stereocenters. The lowest BCUT2D eigenvalue weighted by molar-refractivity contribution is 0.983. The van der Waals surface area contributed by atoms with E-state index in [2.05, 4.69) is 48.2 Å². The minimum atomic E-state index is 0.465. The summed E-state index contributed by atoms with van der Waals surface area (Å²) in [5.41, 5.74) is 19.6. The Bertz CT molecular complexity index is 1310. The van der Waals surface area contributed by atoms with Gasteiger partial charge >= 0.3 is 0 Å². The molecule has 2 aromatic carbocycles. The Labute approximate surface area is 207 Å². The molecule has 176 valence electrons. The summed E-state index contributed by atoms with van der Waals surface area (Å²) in [6.07, 6.45) is 10.4. The molecule has 1 heterocycles. The van der Waals surface area contributed by atoms with Crippen molar-refractivity contribution in [1.82, 2.24) is 10.3 Å². The molecule has 0 saturated carbocycles. The standard InChI is InChI=1S/C30H31N5/c1-21(11-8-9-16-31)18-34-24(4)30-28(25-12-6-5-7-13-25)14-10-15-29(30)35-23(3)27-17-26(22(2)32)19-33-20-27/h5-17,19-20,34H,1-2,4,18,31-32H2,3H3/b11-8-,16-9-,35-23+. The zero-order valence-electron chi connectivity index (χ0n) is 20.0. The molecule has 0 spiro atoms. The Kier molecular flexibility index (Phi) is 8.57. The van der Waals surface area contributed by atoms with Gasteiger partial charge in [0.05, 0.1) is 5.69 Å². The Balaban J connectivity index is 2.02.